The molecule has 2 N–H and O–H groups in total. The van der Waals surface area contributed by atoms with Crippen LogP contribution < -0.4 is 5.73 Å². The number of halogens is 2. The van der Waals surface area contributed by atoms with Gasteiger partial charge in [0, 0.05) is 0 Å². The zero-order valence-electron chi connectivity index (χ0n) is 8.67. The molecule has 1 aromatic carbocycles. The Balaban J connectivity index is 2.63. The molecule has 2 rings (SSSR count). The number of rotatable bonds is 1. The first-order valence-corrected chi connectivity index (χ1v) is 4.76. The normalized spacial score (nSPS) is 10.4. The van der Waals surface area contributed by atoms with Gasteiger partial charge in [-0.15, -0.1) is 0 Å². The molecule has 0 atom stereocenters. The summed E-state index contributed by atoms with van der Waals surface area (Å²) in [5.74, 6) is -1.21. The van der Waals surface area contributed by atoms with Gasteiger partial charge in [-0.05, 0) is 30.7 Å². The van der Waals surface area contributed by atoms with Crippen LogP contribution in [0, 0.1) is 18.6 Å². The molecule has 0 spiro atoms. The van der Waals surface area contributed by atoms with Crippen molar-refractivity contribution >= 4 is 5.69 Å². The maximum atomic E-state index is 13.7. The highest BCUT2D eigenvalue weighted by atomic mass is 19.1. The first kappa shape index (κ1) is 10.5. The molecule has 0 saturated carbocycles. The quantitative estimate of drug-likeness (QED) is 0.802. The molecule has 2 aromatic rings. The van der Waals surface area contributed by atoms with Gasteiger partial charge < -0.3 is 5.73 Å². The van der Waals surface area contributed by atoms with E-state index in [0.29, 0.717) is 11.3 Å². The third-order valence-electron chi connectivity index (χ3n) is 2.33. The van der Waals surface area contributed by atoms with Gasteiger partial charge in [0.25, 0.3) is 0 Å². The summed E-state index contributed by atoms with van der Waals surface area (Å²) in [6, 6.07) is 5.68. The fourth-order valence-corrected chi connectivity index (χ4v) is 1.44. The monoisotopic (exact) mass is 220 g/mol. The van der Waals surface area contributed by atoms with Crippen LogP contribution in [0.2, 0.25) is 0 Å². The van der Waals surface area contributed by atoms with Crippen LogP contribution in [0.1, 0.15) is 5.56 Å². The smallest absolute Gasteiger partial charge is 0.138 e. The summed E-state index contributed by atoms with van der Waals surface area (Å²) in [5.41, 5.74) is 6.43. The summed E-state index contributed by atoms with van der Waals surface area (Å²) in [6.45, 7) is 1.58. The lowest BCUT2D eigenvalue weighted by molar-refractivity contribution is 0.583. The lowest BCUT2D eigenvalue weighted by Gasteiger charge is -2.06. The summed E-state index contributed by atoms with van der Waals surface area (Å²) in [4.78, 5) is 3.91. The van der Waals surface area contributed by atoms with Gasteiger partial charge in [-0.3, -0.25) is 4.98 Å². The average molecular weight is 220 g/mol. The molecule has 0 aliphatic carbocycles. The van der Waals surface area contributed by atoms with E-state index in [4.69, 9.17) is 5.73 Å². The van der Waals surface area contributed by atoms with Crippen molar-refractivity contribution in [2.45, 2.75) is 6.92 Å². The lowest BCUT2D eigenvalue weighted by atomic mass is 10.1. The third kappa shape index (κ3) is 1.74. The number of benzene rings is 1. The highest BCUT2D eigenvalue weighted by molar-refractivity contribution is 5.63. The Morgan fingerprint density at radius 1 is 1.12 bits per heavy atom. The van der Waals surface area contributed by atoms with Crippen LogP contribution >= 0.6 is 0 Å². The summed E-state index contributed by atoms with van der Waals surface area (Å²) in [7, 11) is 0. The molecule has 2 nitrogen and oxygen atoms in total. The van der Waals surface area contributed by atoms with E-state index in [1.807, 2.05) is 0 Å². The van der Waals surface area contributed by atoms with Crippen LogP contribution in [0.4, 0.5) is 14.5 Å². The number of anilines is 1. The number of nitrogen functional groups attached to an aromatic ring is 1. The van der Waals surface area contributed by atoms with E-state index in [1.54, 1.807) is 13.0 Å². The van der Waals surface area contributed by atoms with E-state index in [-0.39, 0.29) is 11.3 Å². The molecule has 4 heteroatoms. The Bertz CT molecular complexity index is 521. The Kier molecular flexibility index (Phi) is 2.56. The van der Waals surface area contributed by atoms with Gasteiger partial charge in [-0.25, -0.2) is 8.78 Å². The van der Waals surface area contributed by atoms with Gasteiger partial charge in [0.05, 0.1) is 23.1 Å². The number of nitrogens with zero attached hydrogens (tertiary/aromatic N) is 1. The molecule has 82 valence electrons. The Hall–Kier alpha value is -1.97. The molecule has 0 amide bonds. The van der Waals surface area contributed by atoms with Crippen LogP contribution in [0.3, 0.4) is 0 Å². The van der Waals surface area contributed by atoms with Gasteiger partial charge in [-0.2, -0.15) is 0 Å². The Labute approximate surface area is 91.7 Å². The molecule has 0 radical (unpaired) electrons. The minimum atomic E-state index is -0.625. The average Bonchev–Trinajstić information content (AvgIpc) is 2.27. The SMILES string of the molecule is Cc1ccc(F)c(-c2ccc(N)cn2)c1F. The van der Waals surface area contributed by atoms with Gasteiger partial charge in [0.2, 0.25) is 0 Å². The zero-order valence-corrected chi connectivity index (χ0v) is 8.67. The van der Waals surface area contributed by atoms with Gasteiger partial charge in [0.15, 0.2) is 0 Å². The van der Waals surface area contributed by atoms with Crippen molar-refractivity contribution in [1.82, 2.24) is 4.98 Å². The molecule has 1 aromatic heterocycles. The number of nitrogens with two attached hydrogens (primary N) is 1. The van der Waals surface area contributed by atoms with Crippen LogP contribution in [-0.2, 0) is 0 Å². The molecule has 0 aliphatic heterocycles. The van der Waals surface area contributed by atoms with Crippen molar-refractivity contribution in [1.29, 1.82) is 0 Å². The fourth-order valence-electron chi connectivity index (χ4n) is 1.44. The minimum absolute atomic E-state index is 0.111. The molecular formula is C12H10F2N2. The molecule has 0 aliphatic rings. The van der Waals surface area contributed by atoms with Crippen LogP contribution in [0.25, 0.3) is 11.3 Å². The van der Waals surface area contributed by atoms with E-state index < -0.39 is 11.6 Å². The van der Waals surface area contributed by atoms with Crippen molar-refractivity contribution in [3.63, 3.8) is 0 Å². The second kappa shape index (κ2) is 3.89. The molecule has 0 saturated heterocycles. The van der Waals surface area contributed by atoms with E-state index in [1.165, 1.54) is 24.4 Å². The largest absolute Gasteiger partial charge is 0.397 e. The highest BCUT2D eigenvalue weighted by Gasteiger charge is 2.14. The Morgan fingerprint density at radius 2 is 1.88 bits per heavy atom. The van der Waals surface area contributed by atoms with Gasteiger partial charge in [-0.1, -0.05) is 6.07 Å². The van der Waals surface area contributed by atoms with E-state index in [9.17, 15) is 8.78 Å². The topological polar surface area (TPSA) is 38.9 Å². The standard InChI is InChI=1S/C12H10F2N2/c1-7-2-4-9(13)11(12(7)14)10-5-3-8(15)6-16-10/h2-6H,15H2,1H3. The molecule has 0 fully saturated rings. The van der Waals surface area contributed by atoms with Crippen molar-refractivity contribution < 1.29 is 8.78 Å². The fraction of sp³-hybridized carbons (Fsp3) is 0.0833. The van der Waals surface area contributed by atoms with Gasteiger partial charge >= 0.3 is 0 Å². The van der Waals surface area contributed by atoms with Crippen LogP contribution in [0.15, 0.2) is 30.5 Å². The molecule has 1 heterocycles. The number of aryl methyl sites for hydroxylation is 1. The second-order valence-corrected chi connectivity index (χ2v) is 3.53. The van der Waals surface area contributed by atoms with Gasteiger partial charge in [0.1, 0.15) is 11.6 Å². The number of hydrogen-bond donors (Lipinski definition) is 1. The first-order chi connectivity index (χ1) is 7.59. The highest BCUT2D eigenvalue weighted by Crippen LogP contribution is 2.26. The lowest BCUT2D eigenvalue weighted by Crippen LogP contribution is -1.96. The van der Waals surface area contributed by atoms with Crippen molar-refractivity contribution in [3.8, 4) is 11.3 Å². The number of pyridine rings is 1. The Morgan fingerprint density at radius 3 is 2.50 bits per heavy atom. The minimum Gasteiger partial charge on any atom is -0.397 e. The van der Waals surface area contributed by atoms with Crippen molar-refractivity contribution in [2.24, 2.45) is 0 Å². The second-order valence-electron chi connectivity index (χ2n) is 3.53. The maximum absolute atomic E-state index is 13.7. The predicted octanol–water partition coefficient (Wildman–Crippen LogP) is 2.92. The zero-order chi connectivity index (χ0) is 11.7. The van der Waals surface area contributed by atoms with Crippen LogP contribution in [0.5, 0.6) is 0 Å². The van der Waals surface area contributed by atoms with Crippen LogP contribution in [-0.4, -0.2) is 4.98 Å². The molecule has 0 unspecified atom stereocenters. The molecule has 0 bridgehead atoms. The van der Waals surface area contributed by atoms with Crippen molar-refractivity contribution in [2.75, 3.05) is 5.73 Å². The summed E-state index contributed by atoms with van der Waals surface area (Å²) < 4.78 is 27.2. The molecular weight excluding hydrogens is 210 g/mol. The molecule has 16 heavy (non-hydrogen) atoms. The number of aromatic nitrogens is 1. The van der Waals surface area contributed by atoms with Crippen molar-refractivity contribution in [3.05, 3.63) is 47.7 Å². The van der Waals surface area contributed by atoms with E-state index >= 15 is 0 Å². The third-order valence-corrected chi connectivity index (χ3v) is 2.33. The summed E-state index contributed by atoms with van der Waals surface area (Å²) >= 11 is 0. The van der Waals surface area contributed by atoms with E-state index in [0.717, 1.165) is 0 Å². The summed E-state index contributed by atoms with van der Waals surface area (Å²) in [5, 5.41) is 0. The predicted molar refractivity (Wildman–Crippen MR) is 58.7 cm³/mol. The maximum Gasteiger partial charge on any atom is 0.138 e. The van der Waals surface area contributed by atoms with E-state index in [2.05, 4.69) is 4.98 Å². The number of hydrogen-bond acceptors (Lipinski definition) is 2. The first-order valence-electron chi connectivity index (χ1n) is 4.76. The summed E-state index contributed by atoms with van der Waals surface area (Å²) in [6.07, 6.45) is 1.37.